The second-order valence-corrected chi connectivity index (χ2v) is 6.47. The van der Waals surface area contributed by atoms with Gasteiger partial charge in [-0.25, -0.2) is 4.98 Å². The molecule has 0 aliphatic rings. The summed E-state index contributed by atoms with van der Waals surface area (Å²) in [6.07, 6.45) is 2.60. The smallest absolute Gasteiger partial charge is 0.274 e. The summed E-state index contributed by atoms with van der Waals surface area (Å²) in [5, 5.41) is 3.01. The van der Waals surface area contributed by atoms with Gasteiger partial charge in [-0.2, -0.15) is 0 Å². The first-order chi connectivity index (χ1) is 11.0. The van der Waals surface area contributed by atoms with Crippen molar-refractivity contribution >= 4 is 33.2 Å². The lowest BCUT2D eigenvalue weighted by molar-refractivity contribution is 0.102. The third-order valence-corrected chi connectivity index (χ3v) is 4.40. The molecule has 0 saturated carbocycles. The number of aromatic nitrogens is 2. The first-order valence-corrected chi connectivity index (χ1v) is 8.34. The number of benzene rings is 1. The number of rotatable bonds is 3. The number of aryl methyl sites for hydroxylation is 3. The molecule has 23 heavy (non-hydrogen) atoms. The van der Waals surface area contributed by atoms with E-state index in [1.54, 1.807) is 0 Å². The van der Waals surface area contributed by atoms with Gasteiger partial charge in [0.2, 0.25) is 0 Å². The number of imidazole rings is 1. The monoisotopic (exact) mass is 371 g/mol. The Hall–Kier alpha value is -2.14. The van der Waals surface area contributed by atoms with Crippen molar-refractivity contribution < 1.29 is 4.79 Å². The molecular weight excluding hydrogens is 354 g/mol. The van der Waals surface area contributed by atoms with Crippen molar-refractivity contribution in [2.75, 3.05) is 5.32 Å². The van der Waals surface area contributed by atoms with Crippen molar-refractivity contribution in [1.82, 2.24) is 9.38 Å². The van der Waals surface area contributed by atoms with Crippen LogP contribution in [-0.4, -0.2) is 15.3 Å². The first kappa shape index (κ1) is 15.7. The zero-order valence-corrected chi connectivity index (χ0v) is 14.9. The highest BCUT2D eigenvalue weighted by atomic mass is 79.9. The van der Waals surface area contributed by atoms with Gasteiger partial charge in [-0.05, 0) is 55.7 Å². The van der Waals surface area contributed by atoms with E-state index in [4.69, 9.17) is 0 Å². The SMILES string of the molecule is CCc1nc2c(C)cccn2c1C(=O)Nc1ccc(Br)cc1C. The fourth-order valence-corrected chi connectivity index (χ4v) is 3.16. The largest absolute Gasteiger partial charge is 0.320 e. The molecular formula is C18H18BrN3O. The van der Waals surface area contributed by atoms with E-state index in [0.717, 1.165) is 32.6 Å². The maximum absolute atomic E-state index is 12.8. The summed E-state index contributed by atoms with van der Waals surface area (Å²) >= 11 is 3.44. The molecule has 0 fully saturated rings. The van der Waals surface area contributed by atoms with Gasteiger partial charge >= 0.3 is 0 Å². The molecule has 0 aliphatic carbocycles. The lowest BCUT2D eigenvalue weighted by Gasteiger charge is -2.10. The van der Waals surface area contributed by atoms with Crippen LogP contribution in [-0.2, 0) is 6.42 Å². The summed E-state index contributed by atoms with van der Waals surface area (Å²) in [6.45, 7) is 5.99. The Morgan fingerprint density at radius 3 is 2.74 bits per heavy atom. The van der Waals surface area contributed by atoms with Crippen molar-refractivity contribution in [1.29, 1.82) is 0 Å². The van der Waals surface area contributed by atoms with E-state index >= 15 is 0 Å². The molecule has 0 bridgehead atoms. The zero-order chi connectivity index (χ0) is 16.6. The highest BCUT2D eigenvalue weighted by Crippen LogP contribution is 2.22. The quantitative estimate of drug-likeness (QED) is 0.734. The Kier molecular flexibility index (Phi) is 4.22. The summed E-state index contributed by atoms with van der Waals surface area (Å²) in [6, 6.07) is 9.74. The molecule has 1 aromatic carbocycles. The second-order valence-electron chi connectivity index (χ2n) is 5.56. The van der Waals surface area contributed by atoms with Crippen LogP contribution in [0.25, 0.3) is 5.65 Å². The van der Waals surface area contributed by atoms with Crippen LogP contribution in [0.2, 0.25) is 0 Å². The molecule has 4 nitrogen and oxygen atoms in total. The number of carbonyl (C=O) groups is 1. The van der Waals surface area contributed by atoms with Crippen LogP contribution in [0.15, 0.2) is 41.0 Å². The van der Waals surface area contributed by atoms with E-state index in [1.807, 2.05) is 61.7 Å². The molecule has 2 heterocycles. The summed E-state index contributed by atoms with van der Waals surface area (Å²) in [5.74, 6) is -0.134. The minimum atomic E-state index is -0.134. The Bertz CT molecular complexity index is 899. The molecule has 1 N–H and O–H groups in total. The van der Waals surface area contributed by atoms with E-state index in [-0.39, 0.29) is 5.91 Å². The van der Waals surface area contributed by atoms with E-state index in [1.165, 1.54) is 0 Å². The highest BCUT2D eigenvalue weighted by Gasteiger charge is 2.19. The Morgan fingerprint density at radius 1 is 1.26 bits per heavy atom. The average Bonchev–Trinajstić information content (AvgIpc) is 2.90. The number of fused-ring (bicyclic) bond motifs is 1. The molecule has 0 atom stereocenters. The topological polar surface area (TPSA) is 46.4 Å². The van der Waals surface area contributed by atoms with Crippen molar-refractivity contribution in [2.45, 2.75) is 27.2 Å². The van der Waals surface area contributed by atoms with Gasteiger partial charge in [0.1, 0.15) is 11.3 Å². The molecule has 118 valence electrons. The first-order valence-electron chi connectivity index (χ1n) is 7.55. The van der Waals surface area contributed by atoms with Crippen LogP contribution in [0.5, 0.6) is 0 Å². The molecule has 3 rings (SSSR count). The van der Waals surface area contributed by atoms with Crippen LogP contribution in [0.4, 0.5) is 5.69 Å². The highest BCUT2D eigenvalue weighted by molar-refractivity contribution is 9.10. The normalized spacial score (nSPS) is 11.0. The van der Waals surface area contributed by atoms with E-state index < -0.39 is 0 Å². The van der Waals surface area contributed by atoms with Gasteiger partial charge in [-0.1, -0.05) is 28.9 Å². The fourth-order valence-electron chi connectivity index (χ4n) is 2.69. The number of halogens is 1. The third kappa shape index (κ3) is 2.88. The standard InChI is InChI=1S/C18H18BrN3O/c1-4-14-16(22-9-5-6-11(2)17(22)20-14)18(23)21-15-8-7-13(19)10-12(15)3/h5-10H,4H2,1-3H3,(H,21,23). The summed E-state index contributed by atoms with van der Waals surface area (Å²) in [5.41, 5.74) is 5.13. The average molecular weight is 372 g/mol. The predicted octanol–water partition coefficient (Wildman–Crippen LogP) is 4.53. The number of pyridine rings is 1. The summed E-state index contributed by atoms with van der Waals surface area (Å²) in [4.78, 5) is 17.5. The maximum atomic E-state index is 12.8. The number of nitrogens with one attached hydrogen (secondary N) is 1. The molecule has 0 unspecified atom stereocenters. The number of amides is 1. The molecule has 0 spiro atoms. The molecule has 0 aliphatic heterocycles. The van der Waals surface area contributed by atoms with Gasteiger partial charge in [-0.15, -0.1) is 0 Å². The van der Waals surface area contributed by atoms with Crippen molar-refractivity contribution in [2.24, 2.45) is 0 Å². The minimum absolute atomic E-state index is 0.134. The van der Waals surface area contributed by atoms with Crippen LogP contribution in [0.1, 0.15) is 34.2 Å². The molecule has 5 heteroatoms. The molecule has 0 saturated heterocycles. The van der Waals surface area contributed by atoms with Crippen LogP contribution in [0, 0.1) is 13.8 Å². The molecule has 1 amide bonds. The van der Waals surface area contributed by atoms with Gasteiger partial charge in [0, 0.05) is 16.4 Å². The summed E-state index contributed by atoms with van der Waals surface area (Å²) in [7, 11) is 0. The van der Waals surface area contributed by atoms with E-state index in [0.29, 0.717) is 12.1 Å². The lowest BCUT2D eigenvalue weighted by Crippen LogP contribution is -2.17. The molecule has 2 aromatic heterocycles. The molecule has 3 aromatic rings. The number of anilines is 1. The van der Waals surface area contributed by atoms with Crippen LogP contribution < -0.4 is 5.32 Å². The van der Waals surface area contributed by atoms with Gasteiger partial charge < -0.3 is 5.32 Å². The molecule has 0 radical (unpaired) electrons. The van der Waals surface area contributed by atoms with Crippen LogP contribution >= 0.6 is 15.9 Å². The van der Waals surface area contributed by atoms with E-state index in [2.05, 4.69) is 26.2 Å². The van der Waals surface area contributed by atoms with E-state index in [9.17, 15) is 4.79 Å². The van der Waals surface area contributed by atoms with Gasteiger partial charge in [0.15, 0.2) is 0 Å². The third-order valence-electron chi connectivity index (χ3n) is 3.90. The second kappa shape index (κ2) is 6.16. The van der Waals surface area contributed by atoms with Gasteiger partial charge in [0.05, 0.1) is 5.69 Å². The zero-order valence-electron chi connectivity index (χ0n) is 13.4. The Morgan fingerprint density at radius 2 is 2.04 bits per heavy atom. The Balaban J connectivity index is 2.05. The predicted molar refractivity (Wildman–Crippen MR) is 96.1 cm³/mol. The maximum Gasteiger partial charge on any atom is 0.274 e. The van der Waals surface area contributed by atoms with Crippen molar-refractivity contribution in [3.05, 3.63) is 63.5 Å². The Labute approximate surface area is 143 Å². The fraction of sp³-hybridized carbons (Fsp3) is 0.222. The minimum Gasteiger partial charge on any atom is -0.320 e. The number of hydrogen-bond acceptors (Lipinski definition) is 2. The number of carbonyl (C=O) groups excluding carboxylic acids is 1. The van der Waals surface area contributed by atoms with Crippen molar-refractivity contribution in [3.8, 4) is 0 Å². The number of nitrogens with zero attached hydrogens (tertiary/aromatic N) is 2. The lowest BCUT2D eigenvalue weighted by atomic mass is 10.2. The van der Waals surface area contributed by atoms with Gasteiger partial charge in [0.25, 0.3) is 5.91 Å². The summed E-state index contributed by atoms with van der Waals surface area (Å²) < 4.78 is 2.87. The number of hydrogen-bond donors (Lipinski definition) is 1. The van der Waals surface area contributed by atoms with Gasteiger partial charge in [-0.3, -0.25) is 9.20 Å². The van der Waals surface area contributed by atoms with Crippen molar-refractivity contribution in [3.63, 3.8) is 0 Å². The van der Waals surface area contributed by atoms with Crippen LogP contribution in [0.3, 0.4) is 0 Å².